The molecule has 0 spiro atoms. The number of carbonyl (C=O) groups excluding carboxylic acids is 1. The first-order valence-corrected chi connectivity index (χ1v) is 8.38. The number of carbonyl (C=O) groups is 1. The van der Waals surface area contributed by atoms with Gasteiger partial charge < -0.3 is 4.74 Å². The van der Waals surface area contributed by atoms with Crippen molar-refractivity contribution in [1.29, 1.82) is 0 Å². The summed E-state index contributed by atoms with van der Waals surface area (Å²) in [5.41, 5.74) is 1.11. The van der Waals surface area contributed by atoms with E-state index in [2.05, 4.69) is 30.2 Å². The van der Waals surface area contributed by atoms with Crippen LogP contribution in [0.1, 0.15) is 39.2 Å². The SMILES string of the molecule is CCC(C)(C)c1ccc(S(=O)(=O)NCCC(=O)OC)cc1. The summed E-state index contributed by atoms with van der Waals surface area (Å²) in [5, 5.41) is 0. The van der Waals surface area contributed by atoms with Crippen LogP contribution < -0.4 is 4.72 Å². The predicted octanol–water partition coefficient (Wildman–Crippen LogP) is 2.22. The number of nitrogens with one attached hydrogen (secondary N) is 1. The number of rotatable bonds is 7. The molecule has 0 aromatic heterocycles. The highest BCUT2D eigenvalue weighted by atomic mass is 32.2. The van der Waals surface area contributed by atoms with E-state index in [0.29, 0.717) is 0 Å². The standard InChI is InChI=1S/C15H23NO4S/c1-5-15(2,3)12-6-8-13(9-7-12)21(18,19)16-11-10-14(17)20-4/h6-9,16H,5,10-11H2,1-4H3. The second-order valence-electron chi connectivity index (χ2n) is 5.49. The van der Waals surface area contributed by atoms with Crippen LogP contribution in [0.2, 0.25) is 0 Å². The Morgan fingerprint density at radius 3 is 2.29 bits per heavy atom. The van der Waals surface area contributed by atoms with Gasteiger partial charge in [-0.3, -0.25) is 4.79 Å². The number of esters is 1. The van der Waals surface area contributed by atoms with Crippen molar-refractivity contribution in [3.63, 3.8) is 0 Å². The van der Waals surface area contributed by atoms with E-state index in [1.807, 2.05) is 12.1 Å². The highest BCUT2D eigenvalue weighted by molar-refractivity contribution is 7.89. The van der Waals surface area contributed by atoms with E-state index >= 15 is 0 Å². The predicted molar refractivity (Wildman–Crippen MR) is 81.6 cm³/mol. The molecule has 0 fully saturated rings. The summed E-state index contributed by atoms with van der Waals surface area (Å²) in [6.07, 6.45) is 0.979. The molecule has 1 aromatic carbocycles. The Bertz CT molecular complexity index is 576. The number of methoxy groups -OCH3 is 1. The van der Waals surface area contributed by atoms with Crippen molar-refractivity contribution in [1.82, 2.24) is 4.72 Å². The minimum Gasteiger partial charge on any atom is -0.469 e. The Hall–Kier alpha value is -1.40. The smallest absolute Gasteiger partial charge is 0.306 e. The van der Waals surface area contributed by atoms with Crippen molar-refractivity contribution in [2.75, 3.05) is 13.7 Å². The summed E-state index contributed by atoms with van der Waals surface area (Å²) < 4.78 is 31.0. The van der Waals surface area contributed by atoms with Crippen LogP contribution in [0.15, 0.2) is 29.2 Å². The van der Waals surface area contributed by atoms with E-state index in [-0.39, 0.29) is 23.3 Å². The third-order valence-corrected chi connectivity index (χ3v) is 5.16. The molecule has 0 saturated carbocycles. The highest BCUT2D eigenvalue weighted by Crippen LogP contribution is 2.27. The molecule has 6 heteroatoms. The summed E-state index contributed by atoms with van der Waals surface area (Å²) in [5.74, 6) is -0.447. The van der Waals surface area contributed by atoms with Gasteiger partial charge in [-0.05, 0) is 29.5 Å². The number of hydrogen-bond donors (Lipinski definition) is 1. The van der Waals surface area contributed by atoms with Gasteiger partial charge in [-0.25, -0.2) is 13.1 Å². The van der Waals surface area contributed by atoms with Gasteiger partial charge in [0.15, 0.2) is 0 Å². The second kappa shape index (κ2) is 7.04. The van der Waals surface area contributed by atoms with E-state index in [1.165, 1.54) is 7.11 Å². The molecular weight excluding hydrogens is 290 g/mol. The van der Waals surface area contributed by atoms with Crippen LogP contribution in [0.5, 0.6) is 0 Å². The van der Waals surface area contributed by atoms with Crippen molar-refractivity contribution in [2.45, 2.75) is 43.9 Å². The minimum atomic E-state index is -3.59. The summed E-state index contributed by atoms with van der Waals surface area (Å²) >= 11 is 0. The fraction of sp³-hybridized carbons (Fsp3) is 0.533. The lowest BCUT2D eigenvalue weighted by atomic mass is 9.82. The Labute approximate surface area is 126 Å². The van der Waals surface area contributed by atoms with Gasteiger partial charge in [0, 0.05) is 6.54 Å². The van der Waals surface area contributed by atoms with Gasteiger partial charge in [0.2, 0.25) is 10.0 Å². The van der Waals surface area contributed by atoms with Gasteiger partial charge in [0.25, 0.3) is 0 Å². The van der Waals surface area contributed by atoms with Crippen LogP contribution in [0.4, 0.5) is 0 Å². The third kappa shape index (κ3) is 4.82. The molecule has 0 amide bonds. The van der Waals surface area contributed by atoms with Gasteiger partial charge in [-0.2, -0.15) is 0 Å². The molecule has 0 bridgehead atoms. The van der Waals surface area contributed by atoms with E-state index in [4.69, 9.17) is 0 Å². The average Bonchev–Trinajstić information content (AvgIpc) is 2.47. The summed E-state index contributed by atoms with van der Waals surface area (Å²) in [6.45, 7) is 6.35. The van der Waals surface area contributed by atoms with Crippen LogP contribution in [0.25, 0.3) is 0 Å². The Balaban J connectivity index is 2.78. The van der Waals surface area contributed by atoms with Crippen molar-refractivity contribution < 1.29 is 17.9 Å². The normalized spacial score (nSPS) is 12.2. The zero-order valence-corrected chi connectivity index (χ0v) is 13.8. The molecule has 21 heavy (non-hydrogen) atoms. The number of sulfonamides is 1. The maximum atomic E-state index is 12.1. The van der Waals surface area contributed by atoms with Gasteiger partial charge in [0.1, 0.15) is 0 Å². The third-order valence-electron chi connectivity index (χ3n) is 3.68. The molecule has 0 unspecified atom stereocenters. The quantitative estimate of drug-likeness (QED) is 0.783. The number of benzene rings is 1. The molecule has 0 atom stereocenters. The molecule has 0 aliphatic heterocycles. The molecule has 118 valence electrons. The van der Waals surface area contributed by atoms with Crippen LogP contribution in [-0.2, 0) is 25.0 Å². The molecule has 5 nitrogen and oxygen atoms in total. The average molecular weight is 313 g/mol. The van der Waals surface area contributed by atoms with E-state index in [0.717, 1.165) is 12.0 Å². The Morgan fingerprint density at radius 1 is 1.24 bits per heavy atom. The van der Waals surface area contributed by atoms with Crippen molar-refractivity contribution in [3.8, 4) is 0 Å². The summed E-state index contributed by atoms with van der Waals surface area (Å²) in [4.78, 5) is 11.2. The fourth-order valence-corrected chi connectivity index (χ4v) is 2.79. The minimum absolute atomic E-state index is 0.0106. The molecule has 0 radical (unpaired) electrons. The first-order chi connectivity index (χ1) is 9.73. The first-order valence-electron chi connectivity index (χ1n) is 6.90. The monoisotopic (exact) mass is 313 g/mol. The van der Waals surface area contributed by atoms with Gasteiger partial charge in [0.05, 0.1) is 18.4 Å². The van der Waals surface area contributed by atoms with Crippen molar-refractivity contribution in [3.05, 3.63) is 29.8 Å². The Morgan fingerprint density at radius 2 is 1.81 bits per heavy atom. The van der Waals surface area contributed by atoms with E-state index in [1.54, 1.807) is 12.1 Å². The molecule has 1 aromatic rings. The fourth-order valence-electron chi connectivity index (χ4n) is 1.76. The topological polar surface area (TPSA) is 72.5 Å². The van der Waals surface area contributed by atoms with E-state index < -0.39 is 16.0 Å². The summed E-state index contributed by atoms with van der Waals surface area (Å²) in [7, 11) is -2.32. The Kier molecular flexibility index (Phi) is 5.92. The zero-order chi connectivity index (χ0) is 16.1. The number of ether oxygens (including phenoxy) is 1. The maximum Gasteiger partial charge on any atom is 0.306 e. The molecule has 0 saturated heterocycles. The van der Waals surface area contributed by atoms with Crippen LogP contribution in [0.3, 0.4) is 0 Å². The van der Waals surface area contributed by atoms with Gasteiger partial charge in [-0.15, -0.1) is 0 Å². The van der Waals surface area contributed by atoms with Gasteiger partial charge in [-0.1, -0.05) is 32.9 Å². The highest BCUT2D eigenvalue weighted by Gasteiger charge is 2.20. The molecule has 0 heterocycles. The maximum absolute atomic E-state index is 12.1. The lowest BCUT2D eigenvalue weighted by molar-refractivity contribution is -0.140. The van der Waals surface area contributed by atoms with Crippen molar-refractivity contribution in [2.24, 2.45) is 0 Å². The molecule has 1 N–H and O–H groups in total. The molecule has 1 rings (SSSR count). The zero-order valence-electron chi connectivity index (χ0n) is 13.0. The lowest BCUT2D eigenvalue weighted by Crippen LogP contribution is -2.26. The van der Waals surface area contributed by atoms with E-state index in [9.17, 15) is 13.2 Å². The van der Waals surface area contributed by atoms with Crippen molar-refractivity contribution >= 4 is 16.0 Å². The first kappa shape index (κ1) is 17.7. The second-order valence-corrected chi connectivity index (χ2v) is 7.25. The lowest BCUT2D eigenvalue weighted by Gasteiger charge is -2.23. The van der Waals surface area contributed by atoms with Crippen LogP contribution in [-0.4, -0.2) is 28.0 Å². The van der Waals surface area contributed by atoms with Gasteiger partial charge >= 0.3 is 5.97 Å². The molecule has 0 aliphatic rings. The number of hydrogen-bond acceptors (Lipinski definition) is 4. The summed E-state index contributed by atoms with van der Waals surface area (Å²) in [6, 6.07) is 6.84. The molecular formula is C15H23NO4S. The van der Waals surface area contributed by atoms with Crippen LogP contribution in [0, 0.1) is 0 Å². The molecule has 0 aliphatic carbocycles. The largest absolute Gasteiger partial charge is 0.469 e. The van der Waals surface area contributed by atoms with Crippen LogP contribution >= 0.6 is 0 Å².